The summed E-state index contributed by atoms with van der Waals surface area (Å²) in [6.45, 7) is 9.05. The number of nitrogens with zero attached hydrogens (tertiary/aromatic N) is 2. The number of benzene rings is 1. The molecule has 0 saturated carbocycles. The molecule has 16 heavy (non-hydrogen) atoms. The van der Waals surface area contributed by atoms with Crippen molar-refractivity contribution < 1.29 is 0 Å². The quantitative estimate of drug-likeness (QED) is 0.668. The summed E-state index contributed by atoms with van der Waals surface area (Å²) in [7, 11) is -0.236. The van der Waals surface area contributed by atoms with Crippen molar-refractivity contribution in [3.8, 4) is 0 Å². The van der Waals surface area contributed by atoms with Crippen molar-refractivity contribution in [3.05, 3.63) is 30.3 Å². The highest BCUT2D eigenvalue weighted by molar-refractivity contribution is 7.62. The molecule has 0 N–H and O–H groups in total. The van der Waals surface area contributed by atoms with Crippen LogP contribution in [0.3, 0.4) is 0 Å². The average Bonchev–Trinajstić information content (AvgIpc) is 2.61. The molecule has 0 fully saturated rings. The highest BCUT2D eigenvalue weighted by atomic mass is 31.1. The van der Waals surface area contributed by atoms with E-state index in [1.807, 2.05) is 0 Å². The molecular formula is C13H19N2P. The van der Waals surface area contributed by atoms with Crippen LogP contribution in [-0.2, 0) is 0 Å². The summed E-state index contributed by atoms with van der Waals surface area (Å²) in [6, 6.07) is 10.5. The summed E-state index contributed by atoms with van der Waals surface area (Å²) in [6.07, 6.45) is 1.13. The van der Waals surface area contributed by atoms with Gasteiger partial charge in [0.25, 0.3) is 0 Å². The van der Waals surface area contributed by atoms with E-state index < -0.39 is 0 Å². The summed E-state index contributed by atoms with van der Waals surface area (Å²) in [5, 5.41) is 5.00. The molecule has 1 aromatic rings. The van der Waals surface area contributed by atoms with Crippen molar-refractivity contribution in [1.82, 2.24) is 0 Å². The molecule has 2 rings (SSSR count). The monoisotopic (exact) mass is 234 g/mol. The van der Waals surface area contributed by atoms with Crippen molar-refractivity contribution in [2.45, 2.75) is 32.9 Å². The number of para-hydroxylation sites is 1. The zero-order chi connectivity index (χ0) is 11.8. The molecule has 1 heterocycles. The fourth-order valence-corrected chi connectivity index (χ4v) is 4.16. The Hall–Kier alpha value is -0.880. The lowest BCUT2D eigenvalue weighted by Gasteiger charge is -2.34. The lowest BCUT2D eigenvalue weighted by atomic mass is 10.3. The molecule has 0 spiro atoms. The standard InChI is InChI=1S/C13H19N2P/c1-11-10-16(13(2,3)4)15(14-11)12-8-6-5-7-9-12/h5-9H,10H2,1-4H3. The van der Waals surface area contributed by atoms with E-state index in [4.69, 9.17) is 0 Å². The molecule has 0 aromatic heterocycles. The Balaban J connectivity index is 2.32. The van der Waals surface area contributed by atoms with E-state index in [-0.39, 0.29) is 8.07 Å². The van der Waals surface area contributed by atoms with Crippen LogP contribution in [0.15, 0.2) is 35.4 Å². The van der Waals surface area contributed by atoms with Gasteiger partial charge in [0, 0.05) is 25.1 Å². The van der Waals surface area contributed by atoms with Crippen LogP contribution < -0.4 is 4.78 Å². The summed E-state index contributed by atoms with van der Waals surface area (Å²) in [4.78, 5) is 0. The van der Waals surface area contributed by atoms with E-state index in [9.17, 15) is 0 Å². The van der Waals surface area contributed by atoms with Crippen LogP contribution >= 0.6 is 8.07 Å². The largest absolute Gasteiger partial charge is 0.244 e. The third-order valence-corrected chi connectivity index (χ3v) is 5.72. The first-order valence-electron chi connectivity index (χ1n) is 5.65. The second kappa shape index (κ2) is 4.18. The Morgan fingerprint density at radius 1 is 1.19 bits per heavy atom. The normalized spacial score (nSPS) is 21.1. The molecular weight excluding hydrogens is 215 g/mol. The molecule has 0 amide bonds. The van der Waals surface area contributed by atoms with Crippen LogP contribution in [0.25, 0.3) is 0 Å². The van der Waals surface area contributed by atoms with Gasteiger partial charge in [-0.3, -0.25) is 0 Å². The van der Waals surface area contributed by atoms with Gasteiger partial charge in [-0.1, -0.05) is 39.0 Å². The minimum Gasteiger partial charge on any atom is -0.244 e. The van der Waals surface area contributed by atoms with Gasteiger partial charge in [-0.05, 0) is 19.1 Å². The molecule has 2 nitrogen and oxygen atoms in total. The van der Waals surface area contributed by atoms with Gasteiger partial charge in [0.05, 0.1) is 5.69 Å². The first kappa shape index (κ1) is 11.6. The second-order valence-electron chi connectivity index (χ2n) is 5.19. The Bertz CT molecular complexity index is 392. The predicted molar refractivity (Wildman–Crippen MR) is 73.6 cm³/mol. The summed E-state index contributed by atoms with van der Waals surface area (Å²) in [5.41, 5.74) is 2.48. The van der Waals surface area contributed by atoms with Gasteiger partial charge in [0.15, 0.2) is 0 Å². The molecule has 0 radical (unpaired) electrons. The zero-order valence-corrected chi connectivity index (χ0v) is 11.3. The zero-order valence-electron chi connectivity index (χ0n) is 10.4. The average molecular weight is 234 g/mol. The Morgan fingerprint density at radius 2 is 1.81 bits per heavy atom. The number of anilines is 1. The maximum atomic E-state index is 4.69. The lowest BCUT2D eigenvalue weighted by Crippen LogP contribution is -2.21. The molecule has 0 bridgehead atoms. The van der Waals surface area contributed by atoms with Crippen molar-refractivity contribution in [2.75, 3.05) is 10.9 Å². The van der Waals surface area contributed by atoms with Gasteiger partial charge in [0.1, 0.15) is 0 Å². The van der Waals surface area contributed by atoms with Crippen LogP contribution in [0, 0.1) is 0 Å². The SMILES string of the molecule is CC1=NN(c2ccccc2)P(C(C)(C)C)C1. The van der Waals surface area contributed by atoms with E-state index in [0.717, 1.165) is 6.16 Å². The fourth-order valence-electron chi connectivity index (χ4n) is 1.81. The summed E-state index contributed by atoms with van der Waals surface area (Å²) >= 11 is 0. The van der Waals surface area contributed by atoms with Gasteiger partial charge in [-0.25, -0.2) is 4.78 Å². The van der Waals surface area contributed by atoms with E-state index in [2.05, 4.69) is 67.9 Å². The summed E-state index contributed by atoms with van der Waals surface area (Å²) in [5.74, 6) is 0. The Morgan fingerprint density at radius 3 is 2.38 bits per heavy atom. The fraction of sp³-hybridized carbons (Fsp3) is 0.462. The lowest BCUT2D eigenvalue weighted by molar-refractivity contribution is 0.780. The third-order valence-electron chi connectivity index (χ3n) is 2.63. The molecule has 86 valence electrons. The van der Waals surface area contributed by atoms with Crippen LogP contribution in [0.2, 0.25) is 0 Å². The molecule has 0 aliphatic carbocycles. The van der Waals surface area contributed by atoms with Crippen molar-refractivity contribution in [2.24, 2.45) is 5.10 Å². The van der Waals surface area contributed by atoms with E-state index >= 15 is 0 Å². The molecule has 1 aliphatic heterocycles. The smallest absolute Gasteiger partial charge is 0.0635 e. The molecule has 0 saturated heterocycles. The van der Waals surface area contributed by atoms with E-state index in [1.165, 1.54) is 11.4 Å². The van der Waals surface area contributed by atoms with Crippen LogP contribution in [0.1, 0.15) is 27.7 Å². The van der Waals surface area contributed by atoms with Crippen LogP contribution in [0.5, 0.6) is 0 Å². The number of rotatable bonds is 1. The molecule has 1 aromatic carbocycles. The Labute approximate surface area is 99.2 Å². The maximum absolute atomic E-state index is 4.69. The van der Waals surface area contributed by atoms with Crippen molar-refractivity contribution in [1.29, 1.82) is 0 Å². The molecule has 1 unspecified atom stereocenters. The minimum atomic E-state index is -0.236. The van der Waals surface area contributed by atoms with E-state index in [1.54, 1.807) is 0 Å². The second-order valence-corrected chi connectivity index (χ2v) is 8.02. The topological polar surface area (TPSA) is 15.6 Å². The highest BCUT2D eigenvalue weighted by Crippen LogP contribution is 2.57. The highest BCUT2D eigenvalue weighted by Gasteiger charge is 2.35. The van der Waals surface area contributed by atoms with Gasteiger partial charge in [-0.15, -0.1) is 0 Å². The van der Waals surface area contributed by atoms with Crippen molar-refractivity contribution in [3.63, 3.8) is 0 Å². The number of hydrogen-bond donors (Lipinski definition) is 0. The Kier molecular flexibility index (Phi) is 3.03. The molecule has 1 atom stereocenters. The van der Waals surface area contributed by atoms with Gasteiger partial charge in [0.2, 0.25) is 0 Å². The van der Waals surface area contributed by atoms with Gasteiger partial charge in [-0.2, -0.15) is 5.10 Å². The van der Waals surface area contributed by atoms with Crippen LogP contribution in [-0.4, -0.2) is 17.0 Å². The van der Waals surface area contributed by atoms with Crippen molar-refractivity contribution >= 4 is 19.5 Å². The maximum Gasteiger partial charge on any atom is 0.0635 e. The van der Waals surface area contributed by atoms with Crippen LogP contribution in [0.4, 0.5) is 5.69 Å². The van der Waals surface area contributed by atoms with Gasteiger partial charge >= 0.3 is 0 Å². The molecule has 3 heteroatoms. The molecule has 1 aliphatic rings. The number of hydrogen-bond acceptors (Lipinski definition) is 2. The van der Waals surface area contributed by atoms with E-state index in [0.29, 0.717) is 5.16 Å². The van der Waals surface area contributed by atoms with Gasteiger partial charge < -0.3 is 0 Å². The predicted octanol–water partition coefficient (Wildman–Crippen LogP) is 4.08. The number of hydrazone groups is 1. The first-order valence-corrected chi connectivity index (χ1v) is 7.13. The third kappa shape index (κ3) is 2.27. The first-order chi connectivity index (χ1) is 7.48. The summed E-state index contributed by atoms with van der Waals surface area (Å²) < 4.78 is 2.24. The minimum absolute atomic E-state index is 0.236.